The van der Waals surface area contributed by atoms with Gasteiger partial charge < -0.3 is 5.32 Å². The molecule has 0 spiro atoms. The van der Waals surface area contributed by atoms with Crippen molar-refractivity contribution in [2.24, 2.45) is 0 Å². The quantitative estimate of drug-likeness (QED) is 0.881. The average Bonchev–Trinajstić information content (AvgIpc) is 2.33. The van der Waals surface area contributed by atoms with Crippen molar-refractivity contribution in [2.75, 3.05) is 5.32 Å². The van der Waals surface area contributed by atoms with E-state index in [-0.39, 0.29) is 5.82 Å². The zero-order valence-electron chi connectivity index (χ0n) is 9.74. The summed E-state index contributed by atoms with van der Waals surface area (Å²) in [5.41, 5.74) is 2.47. The van der Waals surface area contributed by atoms with E-state index in [0.717, 1.165) is 11.1 Å². The standard InChI is InChI=1S/C12H13FN4/c1-8-5-14-4-3-10(8)6-15-12-11(13)9(2)16-7-17-12/h3-5,7H,6H2,1-2H3,(H,15,16,17). The Kier molecular flexibility index (Phi) is 3.27. The molecule has 2 aromatic rings. The Morgan fingerprint density at radius 1 is 1.29 bits per heavy atom. The number of anilines is 1. The van der Waals surface area contributed by atoms with Crippen molar-refractivity contribution in [2.45, 2.75) is 20.4 Å². The van der Waals surface area contributed by atoms with Crippen LogP contribution in [0.5, 0.6) is 0 Å². The minimum Gasteiger partial charge on any atom is -0.363 e. The highest BCUT2D eigenvalue weighted by atomic mass is 19.1. The van der Waals surface area contributed by atoms with E-state index in [1.165, 1.54) is 6.33 Å². The van der Waals surface area contributed by atoms with E-state index in [4.69, 9.17) is 0 Å². The summed E-state index contributed by atoms with van der Waals surface area (Å²) in [4.78, 5) is 11.7. The molecule has 0 fully saturated rings. The molecule has 4 nitrogen and oxygen atoms in total. The van der Waals surface area contributed by atoms with Crippen LogP contribution in [-0.4, -0.2) is 15.0 Å². The highest BCUT2D eigenvalue weighted by molar-refractivity contribution is 5.38. The molecule has 5 heteroatoms. The van der Waals surface area contributed by atoms with Crippen LogP contribution in [0.3, 0.4) is 0 Å². The molecule has 0 unspecified atom stereocenters. The van der Waals surface area contributed by atoms with Crippen molar-refractivity contribution in [3.8, 4) is 0 Å². The second kappa shape index (κ2) is 4.86. The molecule has 0 saturated carbocycles. The summed E-state index contributed by atoms with van der Waals surface area (Å²) < 4.78 is 13.6. The maximum atomic E-state index is 13.6. The third-order valence-corrected chi connectivity index (χ3v) is 2.55. The number of pyridine rings is 1. The Hall–Kier alpha value is -2.04. The van der Waals surface area contributed by atoms with E-state index in [9.17, 15) is 4.39 Å². The molecular formula is C12H13FN4. The smallest absolute Gasteiger partial charge is 0.186 e. The molecule has 1 N–H and O–H groups in total. The van der Waals surface area contributed by atoms with Gasteiger partial charge in [-0.25, -0.2) is 14.4 Å². The number of aromatic nitrogens is 3. The van der Waals surface area contributed by atoms with Crippen molar-refractivity contribution < 1.29 is 4.39 Å². The first-order chi connectivity index (χ1) is 8.18. The third-order valence-electron chi connectivity index (χ3n) is 2.55. The van der Waals surface area contributed by atoms with E-state index >= 15 is 0 Å². The minimum absolute atomic E-state index is 0.230. The third kappa shape index (κ3) is 2.55. The number of hydrogen-bond acceptors (Lipinski definition) is 4. The molecule has 2 rings (SSSR count). The summed E-state index contributed by atoms with van der Waals surface area (Å²) in [5.74, 6) is -0.173. The summed E-state index contributed by atoms with van der Waals surface area (Å²) in [6, 6.07) is 1.90. The Morgan fingerprint density at radius 3 is 2.88 bits per heavy atom. The lowest BCUT2D eigenvalue weighted by molar-refractivity contribution is 0.604. The fourth-order valence-corrected chi connectivity index (χ4v) is 1.46. The van der Waals surface area contributed by atoms with Crippen LogP contribution < -0.4 is 5.32 Å². The van der Waals surface area contributed by atoms with Crippen molar-refractivity contribution >= 4 is 5.82 Å². The monoisotopic (exact) mass is 232 g/mol. The summed E-state index contributed by atoms with van der Waals surface area (Å²) in [6.45, 7) is 4.09. The molecule has 0 aliphatic heterocycles. The molecule has 0 aliphatic rings. The summed E-state index contributed by atoms with van der Waals surface area (Å²) >= 11 is 0. The molecule has 2 heterocycles. The number of rotatable bonds is 3. The van der Waals surface area contributed by atoms with E-state index in [0.29, 0.717) is 12.2 Å². The van der Waals surface area contributed by atoms with Crippen LogP contribution in [0.25, 0.3) is 0 Å². The van der Waals surface area contributed by atoms with E-state index in [1.54, 1.807) is 19.3 Å². The molecule has 0 radical (unpaired) electrons. The normalized spacial score (nSPS) is 10.3. The van der Waals surface area contributed by atoms with Crippen LogP contribution >= 0.6 is 0 Å². The van der Waals surface area contributed by atoms with Gasteiger partial charge in [0.05, 0.1) is 5.69 Å². The fourth-order valence-electron chi connectivity index (χ4n) is 1.46. The van der Waals surface area contributed by atoms with Crippen molar-refractivity contribution in [3.05, 3.63) is 47.4 Å². The SMILES string of the molecule is Cc1cnccc1CNc1ncnc(C)c1F. The van der Waals surface area contributed by atoms with Gasteiger partial charge in [-0.3, -0.25) is 4.98 Å². The number of nitrogens with one attached hydrogen (secondary N) is 1. The Morgan fingerprint density at radius 2 is 2.12 bits per heavy atom. The van der Waals surface area contributed by atoms with Crippen molar-refractivity contribution in [1.82, 2.24) is 15.0 Å². The first kappa shape index (κ1) is 11.4. The van der Waals surface area contributed by atoms with Crippen LogP contribution in [0, 0.1) is 19.7 Å². The first-order valence-corrected chi connectivity index (χ1v) is 5.29. The lowest BCUT2D eigenvalue weighted by Crippen LogP contribution is -2.06. The van der Waals surface area contributed by atoms with Crippen LogP contribution in [0.4, 0.5) is 10.2 Å². The van der Waals surface area contributed by atoms with E-state index < -0.39 is 5.82 Å². The lowest BCUT2D eigenvalue weighted by atomic mass is 10.1. The maximum Gasteiger partial charge on any atom is 0.186 e. The maximum absolute atomic E-state index is 13.6. The zero-order valence-corrected chi connectivity index (χ0v) is 9.74. The van der Waals surface area contributed by atoms with Gasteiger partial charge in [-0.1, -0.05) is 0 Å². The number of aryl methyl sites for hydroxylation is 2. The van der Waals surface area contributed by atoms with Gasteiger partial charge in [0, 0.05) is 18.9 Å². The lowest BCUT2D eigenvalue weighted by Gasteiger charge is -2.08. The van der Waals surface area contributed by atoms with Crippen LogP contribution in [-0.2, 0) is 6.54 Å². The van der Waals surface area contributed by atoms with Crippen LogP contribution in [0.15, 0.2) is 24.8 Å². The second-order valence-corrected chi connectivity index (χ2v) is 3.78. The van der Waals surface area contributed by atoms with Gasteiger partial charge in [0.15, 0.2) is 11.6 Å². The molecular weight excluding hydrogens is 219 g/mol. The predicted molar refractivity (Wildman–Crippen MR) is 63.0 cm³/mol. The predicted octanol–water partition coefficient (Wildman–Crippen LogP) is 2.24. The molecule has 0 bridgehead atoms. The molecule has 0 atom stereocenters. The molecule has 0 aliphatic carbocycles. The largest absolute Gasteiger partial charge is 0.363 e. The number of nitrogens with zero attached hydrogens (tertiary/aromatic N) is 3. The van der Waals surface area contributed by atoms with E-state index in [2.05, 4.69) is 20.3 Å². The van der Waals surface area contributed by atoms with Gasteiger partial charge in [0.1, 0.15) is 6.33 Å². The summed E-state index contributed by atoms with van der Waals surface area (Å²) in [5, 5.41) is 2.96. The average molecular weight is 232 g/mol. The minimum atomic E-state index is -0.404. The Balaban J connectivity index is 2.13. The molecule has 0 aromatic carbocycles. The van der Waals surface area contributed by atoms with Gasteiger partial charge in [-0.05, 0) is 31.0 Å². The molecule has 88 valence electrons. The van der Waals surface area contributed by atoms with E-state index in [1.807, 2.05) is 13.0 Å². The fraction of sp³-hybridized carbons (Fsp3) is 0.250. The van der Waals surface area contributed by atoms with Crippen LogP contribution in [0.1, 0.15) is 16.8 Å². The zero-order chi connectivity index (χ0) is 12.3. The summed E-state index contributed by atoms with van der Waals surface area (Å²) in [7, 11) is 0. The van der Waals surface area contributed by atoms with Gasteiger partial charge >= 0.3 is 0 Å². The van der Waals surface area contributed by atoms with Crippen LogP contribution in [0.2, 0.25) is 0 Å². The molecule has 0 amide bonds. The van der Waals surface area contributed by atoms with Gasteiger partial charge in [0.25, 0.3) is 0 Å². The second-order valence-electron chi connectivity index (χ2n) is 3.78. The molecule has 2 aromatic heterocycles. The van der Waals surface area contributed by atoms with Gasteiger partial charge in [-0.15, -0.1) is 0 Å². The van der Waals surface area contributed by atoms with Crippen molar-refractivity contribution in [1.29, 1.82) is 0 Å². The Bertz CT molecular complexity index is 528. The van der Waals surface area contributed by atoms with Gasteiger partial charge in [0.2, 0.25) is 0 Å². The highest BCUT2D eigenvalue weighted by Gasteiger charge is 2.07. The molecule has 17 heavy (non-hydrogen) atoms. The van der Waals surface area contributed by atoms with Gasteiger partial charge in [-0.2, -0.15) is 0 Å². The molecule has 0 saturated heterocycles. The number of hydrogen-bond donors (Lipinski definition) is 1. The highest BCUT2D eigenvalue weighted by Crippen LogP contribution is 2.14. The first-order valence-electron chi connectivity index (χ1n) is 5.29. The van der Waals surface area contributed by atoms with Crippen molar-refractivity contribution in [3.63, 3.8) is 0 Å². The summed E-state index contributed by atoms with van der Waals surface area (Å²) in [6.07, 6.45) is 4.84. The Labute approximate surface area is 99.0 Å². The number of halogens is 1. The topological polar surface area (TPSA) is 50.7 Å².